The molecule has 1 fully saturated rings. The number of urea groups is 1. The van der Waals surface area contributed by atoms with Crippen molar-refractivity contribution < 1.29 is 27.9 Å². The summed E-state index contributed by atoms with van der Waals surface area (Å²) in [5.74, 6) is -1.36. The lowest BCUT2D eigenvalue weighted by molar-refractivity contribution is -0.145. The normalized spacial score (nSPS) is 20.3. The van der Waals surface area contributed by atoms with Crippen molar-refractivity contribution in [2.75, 3.05) is 0 Å². The number of hydrogen-bond acceptors (Lipinski definition) is 2. The van der Waals surface area contributed by atoms with Crippen molar-refractivity contribution in [3.63, 3.8) is 0 Å². The molecule has 1 rings (SSSR count). The maximum Gasteiger partial charge on any atom is 0.391 e. The van der Waals surface area contributed by atoms with Crippen molar-refractivity contribution in [1.82, 2.24) is 10.6 Å². The number of aliphatic carboxylic acids is 1. The minimum Gasteiger partial charge on any atom is -0.480 e. The van der Waals surface area contributed by atoms with Crippen molar-refractivity contribution >= 4 is 12.0 Å². The maximum atomic E-state index is 12.1. The van der Waals surface area contributed by atoms with Gasteiger partial charge >= 0.3 is 18.2 Å². The number of rotatable bonds is 5. The molecule has 0 aromatic rings. The third-order valence-corrected chi connectivity index (χ3v) is 3.13. The molecule has 0 bridgehead atoms. The van der Waals surface area contributed by atoms with Gasteiger partial charge in [-0.3, -0.25) is 0 Å². The Balaban J connectivity index is 2.52. The third-order valence-electron chi connectivity index (χ3n) is 3.13. The Hall–Kier alpha value is -1.47. The first-order valence-corrected chi connectivity index (χ1v) is 5.93. The third kappa shape index (κ3) is 4.60. The molecule has 0 aromatic carbocycles. The second kappa shape index (κ2) is 5.26. The lowest BCUT2D eigenvalue weighted by Gasteiger charge is -2.27. The van der Waals surface area contributed by atoms with E-state index in [1.54, 1.807) is 0 Å². The van der Waals surface area contributed by atoms with E-state index in [0.29, 0.717) is 12.8 Å². The molecule has 0 radical (unpaired) electrons. The molecule has 1 aliphatic rings. The van der Waals surface area contributed by atoms with Gasteiger partial charge in [0.2, 0.25) is 0 Å². The number of hydrogen-bond donors (Lipinski definition) is 3. The van der Waals surface area contributed by atoms with E-state index in [4.69, 9.17) is 5.11 Å². The van der Waals surface area contributed by atoms with Gasteiger partial charge in [-0.25, -0.2) is 9.59 Å². The van der Waals surface area contributed by atoms with Crippen LogP contribution in [-0.2, 0) is 4.79 Å². The van der Waals surface area contributed by atoms with Crippen LogP contribution in [0, 0.1) is 5.92 Å². The average molecular weight is 282 g/mol. The van der Waals surface area contributed by atoms with E-state index in [2.05, 4.69) is 10.6 Å². The number of carboxylic acid groups (broad SMARTS) is 1. The van der Waals surface area contributed by atoms with Crippen LogP contribution in [0.3, 0.4) is 0 Å². The summed E-state index contributed by atoms with van der Waals surface area (Å²) in [6.07, 6.45) is -4.17. The molecule has 1 aliphatic carbocycles. The quantitative estimate of drug-likeness (QED) is 0.720. The van der Waals surface area contributed by atoms with Gasteiger partial charge in [-0.1, -0.05) is 0 Å². The van der Waals surface area contributed by atoms with Crippen molar-refractivity contribution in [1.29, 1.82) is 0 Å². The highest BCUT2D eigenvalue weighted by Crippen LogP contribution is 2.39. The van der Waals surface area contributed by atoms with Crippen molar-refractivity contribution in [2.24, 2.45) is 5.92 Å². The van der Waals surface area contributed by atoms with Gasteiger partial charge in [-0.05, 0) is 32.6 Å². The van der Waals surface area contributed by atoms with Gasteiger partial charge in [0.15, 0.2) is 0 Å². The van der Waals surface area contributed by atoms with Crippen LogP contribution in [0.2, 0.25) is 0 Å². The molecule has 2 amide bonds. The van der Waals surface area contributed by atoms with E-state index in [-0.39, 0.29) is 5.92 Å². The summed E-state index contributed by atoms with van der Waals surface area (Å²) in [7, 11) is 0. The molecular weight excluding hydrogens is 265 g/mol. The van der Waals surface area contributed by atoms with Gasteiger partial charge in [0.25, 0.3) is 0 Å². The van der Waals surface area contributed by atoms with Gasteiger partial charge < -0.3 is 15.7 Å². The minimum absolute atomic E-state index is 0.173. The first kappa shape index (κ1) is 15.6. The number of carbonyl (C=O) groups excluding carboxylic acids is 1. The molecular formula is C11H17F3N2O3. The number of carboxylic acids is 1. The van der Waals surface area contributed by atoms with E-state index in [1.807, 2.05) is 0 Å². The Kier molecular flexibility index (Phi) is 4.32. The highest BCUT2D eigenvalue weighted by Gasteiger charge is 2.48. The lowest BCUT2D eigenvalue weighted by atomic mass is 9.96. The fourth-order valence-corrected chi connectivity index (χ4v) is 1.88. The molecule has 8 heteroatoms. The van der Waals surface area contributed by atoms with E-state index < -0.39 is 36.2 Å². The Morgan fingerprint density at radius 1 is 1.37 bits per heavy atom. The van der Waals surface area contributed by atoms with Crippen LogP contribution in [0.5, 0.6) is 0 Å². The molecule has 0 aromatic heterocycles. The fourth-order valence-electron chi connectivity index (χ4n) is 1.88. The van der Waals surface area contributed by atoms with Crippen LogP contribution in [0.25, 0.3) is 0 Å². The summed E-state index contributed by atoms with van der Waals surface area (Å²) in [5, 5.41) is 13.4. The molecule has 0 heterocycles. The summed E-state index contributed by atoms with van der Waals surface area (Å²) >= 11 is 0. The smallest absolute Gasteiger partial charge is 0.391 e. The molecule has 0 saturated heterocycles. The Labute approximate surface area is 108 Å². The second-order valence-corrected chi connectivity index (χ2v) is 5.10. The molecule has 3 N–H and O–H groups in total. The van der Waals surface area contributed by atoms with Crippen molar-refractivity contribution in [3.05, 3.63) is 0 Å². The van der Waals surface area contributed by atoms with Crippen LogP contribution in [0.4, 0.5) is 18.0 Å². The zero-order valence-electron chi connectivity index (χ0n) is 10.7. The van der Waals surface area contributed by atoms with Crippen LogP contribution in [0.1, 0.15) is 33.1 Å². The highest BCUT2D eigenvalue weighted by atomic mass is 19.4. The number of halogens is 3. The summed E-state index contributed by atoms with van der Waals surface area (Å²) in [5.41, 5.74) is -1.43. The maximum absolute atomic E-state index is 12.1. The monoisotopic (exact) mass is 282 g/mol. The molecule has 0 spiro atoms. The van der Waals surface area contributed by atoms with Gasteiger partial charge in [-0.15, -0.1) is 0 Å². The summed E-state index contributed by atoms with van der Waals surface area (Å²) in [4.78, 5) is 22.7. The topological polar surface area (TPSA) is 78.4 Å². The van der Waals surface area contributed by atoms with Gasteiger partial charge in [-0.2, -0.15) is 13.2 Å². The second-order valence-electron chi connectivity index (χ2n) is 5.10. The first-order valence-electron chi connectivity index (χ1n) is 5.93. The lowest BCUT2D eigenvalue weighted by Crippen LogP contribution is -2.58. The standard InChI is InChI=1S/C11H17F3N2O3/c1-6(5-11(12,13)14)15-9(19)16-10(2,8(17)18)7-3-4-7/h6-7H,3-5H2,1-2H3,(H,17,18)(H2,15,16,19). The van der Waals surface area contributed by atoms with Crippen LogP contribution < -0.4 is 10.6 Å². The van der Waals surface area contributed by atoms with E-state index in [1.165, 1.54) is 13.8 Å². The van der Waals surface area contributed by atoms with Crippen molar-refractivity contribution in [2.45, 2.75) is 50.9 Å². The van der Waals surface area contributed by atoms with Gasteiger partial charge in [0, 0.05) is 6.04 Å². The Morgan fingerprint density at radius 2 is 1.89 bits per heavy atom. The van der Waals surface area contributed by atoms with E-state index in [9.17, 15) is 22.8 Å². The molecule has 2 unspecified atom stereocenters. The zero-order chi connectivity index (χ0) is 14.8. The molecule has 110 valence electrons. The van der Waals surface area contributed by atoms with Crippen LogP contribution >= 0.6 is 0 Å². The SMILES string of the molecule is CC(CC(F)(F)F)NC(=O)NC(C)(C(=O)O)C1CC1. The van der Waals surface area contributed by atoms with E-state index >= 15 is 0 Å². The molecule has 1 saturated carbocycles. The first-order chi connectivity index (χ1) is 8.54. The summed E-state index contributed by atoms with van der Waals surface area (Å²) < 4.78 is 36.3. The van der Waals surface area contributed by atoms with Gasteiger partial charge in [0.1, 0.15) is 5.54 Å². The molecule has 5 nitrogen and oxygen atoms in total. The summed E-state index contributed by atoms with van der Waals surface area (Å²) in [6.45, 7) is 2.57. The Bertz CT molecular complexity index is 369. The molecule has 19 heavy (non-hydrogen) atoms. The zero-order valence-corrected chi connectivity index (χ0v) is 10.7. The number of nitrogens with one attached hydrogen (secondary N) is 2. The van der Waals surface area contributed by atoms with Crippen LogP contribution in [-0.4, -0.2) is 34.9 Å². The minimum atomic E-state index is -4.38. The predicted molar refractivity (Wildman–Crippen MR) is 60.6 cm³/mol. The largest absolute Gasteiger partial charge is 0.480 e. The number of amides is 2. The number of carbonyl (C=O) groups is 2. The number of alkyl halides is 3. The summed E-state index contributed by atoms with van der Waals surface area (Å²) in [6, 6.07) is -2.01. The van der Waals surface area contributed by atoms with Crippen molar-refractivity contribution in [3.8, 4) is 0 Å². The van der Waals surface area contributed by atoms with Gasteiger partial charge in [0.05, 0.1) is 6.42 Å². The fraction of sp³-hybridized carbons (Fsp3) is 0.818. The van der Waals surface area contributed by atoms with Crippen LogP contribution in [0.15, 0.2) is 0 Å². The predicted octanol–water partition coefficient (Wildman–Crippen LogP) is 1.88. The van der Waals surface area contributed by atoms with E-state index in [0.717, 1.165) is 0 Å². The molecule has 2 atom stereocenters. The average Bonchev–Trinajstić information content (AvgIpc) is 2.95. The highest BCUT2D eigenvalue weighted by molar-refractivity contribution is 5.86. The Morgan fingerprint density at radius 3 is 2.26 bits per heavy atom. The molecule has 0 aliphatic heterocycles.